The lowest BCUT2D eigenvalue weighted by Gasteiger charge is -2.16. The summed E-state index contributed by atoms with van der Waals surface area (Å²) in [5.41, 5.74) is 1.15. The lowest BCUT2D eigenvalue weighted by Crippen LogP contribution is -2.31. The molecule has 0 bridgehead atoms. The molecule has 1 aliphatic rings. The van der Waals surface area contributed by atoms with Crippen LogP contribution in [0.2, 0.25) is 0 Å². The molecule has 0 radical (unpaired) electrons. The van der Waals surface area contributed by atoms with Crippen LogP contribution in [0.5, 0.6) is 0 Å². The highest BCUT2D eigenvalue weighted by Gasteiger charge is 2.21. The van der Waals surface area contributed by atoms with Crippen molar-refractivity contribution in [1.29, 1.82) is 0 Å². The Kier molecular flexibility index (Phi) is 5.46. The number of benzene rings is 1. The van der Waals surface area contributed by atoms with Crippen LogP contribution in [0, 0.1) is 11.7 Å². The number of hydrogen-bond acceptors (Lipinski definition) is 3. The van der Waals surface area contributed by atoms with E-state index in [9.17, 15) is 4.39 Å². The highest BCUT2D eigenvalue weighted by molar-refractivity contribution is 8.14. The first kappa shape index (κ1) is 15.4. The fraction of sp³-hybridized carbons (Fsp3) is 0.562. The predicted molar refractivity (Wildman–Crippen MR) is 85.8 cm³/mol. The third kappa shape index (κ3) is 4.82. The summed E-state index contributed by atoms with van der Waals surface area (Å²) in [5, 5.41) is 5.15. The monoisotopic (exact) mass is 294 g/mol. The first-order valence-corrected chi connectivity index (χ1v) is 8.13. The van der Waals surface area contributed by atoms with Crippen LogP contribution >= 0.6 is 11.8 Å². The molecule has 2 rings (SSSR count). The topological polar surface area (TPSA) is 24.4 Å². The van der Waals surface area contributed by atoms with Gasteiger partial charge in [-0.3, -0.25) is 4.99 Å². The second kappa shape index (κ2) is 7.11. The van der Waals surface area contributed by atoms with E-state index in [2.05, 4.69) is 31.1 Å². The molecular formula is C16H23FN2S. The van der Waals surface area contributed by atoms with E-state index in [0.29, 0.717) is 11.3 Å². The molecule has 0 spiro atoms. The second-order valence-corrected chi connectivity index (χ2v) is 7.18. The van der Waals surface area contributed by atoms with Crippen molar-refractivity contribution in [2.75, 3.05) is 6.54 Å². The van der Waals surface area contributed by atoms with Gasteiger partial charge in [0.1, 0.15) is 5.82 Å². The molecule has 0 saturated carbocycles. The van der Waals surface area contributed by atoms with Gasteiger partial charge in [0.05, 0.1) is 6.54 Å². The molecule has 0 amide bonds. The summed E-state index contributed by atoms with van der Waals surface area (Å²) >= 11 is 1.86. The van der Waals surface area contributed by atoms with E-state index in [-0.39, 0.29) is 5.82 Å². The standard InChI is InChI=1S/C16H23FN2S/c1-11(2)8-15-10-18-16(20-15)19-12(3)9-13-4-6-14(17)7-5-13/h4-7,11-12,15H,8-10H2,1-3H3,(H,18,19). The normalized spacial score (nSPS) is 20.1. The number of hydrogen-bond donors (Lipinski definition) is 1. The lowest BCUT2D eigenvalue weighted by atomic mass is 10.1. The van der Waals surface area contributed by atoms with Crippen LogP contribution < -0.4 is 5.32 Å². The van der Waals surface area contributed by atoms with Gasteiger partial charge in [-0.15, -0.1) is 0 Å². The predicted octanol–water partition coefficient (Wildman–Crippen LogP) is 3.86. The largest absolute Gasteiger partial charge is 0.362 e. The summed E-state index contributed by atoms with van der Waals surface area (Å²) in [6, 6.07) is 7.03. The maximum absolute atomic E-state index is 12.9. The van der Waals surface area contributed by atoms with Gasteiger partial charge in [-0.1, -0.05) is 37.7 Å². The Morgan fingerprint density at radius 3 is 2.65 bits per heavy atom. The molecule has 110 valence electrons. The molecule has 1 heterocycles. The quantitative estimate of drug-likeness (QED) is 0.891. The number of nitrogens with zero attached hydrogens (tertiary/aromatic N) is 1. The van der Waals surface area contributed by atoms with Crippen molar-refractivity contribution in [2.24, 2.45) is 10.9 Å². The van der Waals surface area contributed by atoms with Gasteiger partial charge >= 0.3 is 0 Å². The van der Waals surface area contributed by atoms with Gasteiger partial charge in [0.25, 0.3) is 0 Å². The van der Waals surface area contributed by atoms with Gasteiger partial charge in [-0.05, 0) is 43.4 Å². The molecular weight excluding hydrogens is 271 g/mol. The Labute approximate surface area is 125 Å². The van der Waals surface area contributed by atoms with Crippen LogP contribution in [0.4, 0.5) is 4.39 Å². The van der Waals surface area contributed by atoms with Crippen LogP contribution in [-0.4, -0.2) is 23.0 Å². The summed E-state index contributed by atoms with van der Waals surface area (Å²) in [4.78, 5) is 4.57. The van der Waals surface area contributed by atoms with Gasteiger partial charge < -0.3 is 5.32 Å². The Balaban J connectivity index is 1.78. The molecule has 0 fully saturated rings. The van der Waals surface area contributed by atoms with Crippen molar-refractivity contribution in [1.82, 2.24) is 5.32 Å². The second-order valence-electron chi connectivity index (χ2n) is 5.89. The average molecular weight is 294 g/mol. The van der Waals surface area contributed by atoms with E-state index in [0.717, 1.165) is 29.6 Å². The number of aliphatic imine (C=N–C) groups is 1. The van der Waals surface area contributed by atoms with Crippen molar-refractivity contribution >= 4 is 16.9 Å². The molecule has 0 saturated heterocycles. The molecule has 1 aromatic rings. The minimum absolute atomic E-state index is 0.179. The van der Waals surface area contributed by atoms with Crippen molar-refractivity contribution in [2.45, 2.75) is 44.9 Å². The molecule has 2 atom stereocenters. The molecule has 2 unspecified atom stereocenters. The summed E-state index contributed by atoms with van der Waals surface area (Å²) in [7, 11) is 0. The first-order chi connectivity index (χ1) is 9.52. The van der Waals surface area contributed by atoms with E-state index in [4.69, 9.17) is 0 Å². The molecule has 20 heavy (non-hydrogen) atoms. The van der Waals surface area contributed by atoms with Gasteiger partial charge in [0.15, 0.2) is 5.17 Å². The molecule has 0 aliphatic carbocycles. The number of thioether (sulfide) groups is 1. The highest BCUT2D eigenvalue weighted by atomic mass is 32.2. The summed E-state index contributed by atoms with van der Waals surface area (Å²) in [6.07, 6.45) is 2.10. The third-order valence-electron chi connectivity index (χ3n) is 3.28. The number of halogens is 1. The average Bonchev–Trinajstić information content (AvgIpc) is 2.78. The Bertz CT molecular complexity index is 456. The van der Waals surface area contributed by atoms with E-state index in [1.807, 2.05) is 23.9 Å². The lowest BCUT2D eigenvalue weighted by molar-refractivity contribution is 0.575. The van der Waals surface area contributed by atoms with Crippen LogP contribution in [-0.2, 0) is 6.42 Å². The summed E-state index contributed by atoms with van der Waals surface area (Å²) in [5.74, 6) is 0.542. The molecule has 2 nitrogen and oxygen atoms in total. The summed E-state index contributed by atoms with van der Waals surface area (Å²) in [6.45, 7) is 7.57. The van der Waals surface area contributed by atoms with Gasteiger partial charge in [-0.25, -0.2) is 4.39 Å². The molecule has 4 heteroatoms. The van der Waals surface area contributed by atoms with E-state index in [1.165, 1.54) is 18.6 Å². The van der Waals surface area contributed by atoms with E-state index in [1.54, 1.807) is 0 Å². The smallest absolute Gasteiger partial charge is 0.157 e. The Morgan fingerprint density at radius 2 is 2.00 bits per heavy atom. The number of amidine groups is 1. The van der Waals surface area contributed by atoms with Crippen LogP contribution in [0.3, 0.4) is 0 Å². The van der Waals surface area contributed by atoms with E-state index < -0.39 is 0 Å². The van der Waals surface area contributed by atoms with Crippen molar-refractivity contribution in [3.63, 3.8) is 0 Å². The molecule has 1 aliphatic heterocycles. The van der Waals surface area contributed by atoms with Gasteiger partial charge in [0, 0.05) is 11.3 Å². The van der Waals surface area contributed by atoms with Crippen LogP contribution in [0.25, 0.3) is 0 Å². The van der Waals surface area contributed by atoms with Crippen LogP contribution in [0.15, 0.2) is 29.3 Å². The Morgan fingerprint density at radius 1 is 1.30 bits per heavy atom. The summed E-state index contributed by atoms with van der Waals surface area (Å²) < 4.78 is 12.9. The minimum Gasteiger partial charge on any atom is -0.362 e. The number of rotatable bonds is 5. The molecule has 1 aromatic carbocycles. The zero-order valence-electron chi connectivity index (χ0n) is 12.4. The van der Waals surface area contributed by atoms with Crippen LogP contribution in [0.1, 0.15) is 32.8 Å². The zero-order chi connectivity index (χ0) is 14.5. The van der Waals surface area contributed by atoms with Gasteiger partial charge in [-0.2, -0.15) is 0 Å². The van der Waals surface area contributed by atoms with Crippen molar-refractivity contribution in [3.8, 4) is 0 Å². The van der Waals surface area contributed by atoms with E-state index >= 15 is 0 Å². The fourth-order valence-electron chi connectivity index (χ4n) is 2.38. The van der Waals surface area contributed by atoms with Crippen molar-refractivity contribution < 1.29 is 4.39 Å². The molecule has 1 N–H and O–H groups in total. The first-order valence-electron chi connectivity index (χ1n) is 7.25. The maximum Gasteiger partial charge on any atom is 0.157 e. The minimum atomic E-state index is -0.179. The highest BCUT2D eigenvalue weighted by Crippen LogP contribution is 2.25. The fourth-order valence-corrected chi connectivity index (χ4v) is 3.75. The SMILES string of the molecule is CC(C)CC1CN=C(NC(C)Cc2ccc(F)cc2)S1. The van der Waals surface area contributed by atoms with Crippen molar-refractivity contribution in [3.05, 3.63) is 35.6 Å². The maximum atomic E-state index is 12.9. The number of nitrogens with one attached hydrogen (secondary N) is 1. The van der Waals surface area contributed by atoms with Gasteiger partial charge in [0.2, 0.25) is 0 Å². The Hall–Kier alpha value is -1.03. The zero-order valence-corrected chi connectivity index (χ0v) is 13.2. The molecule has 0 aromatic heterocycles. The third-order valence-corrected chi connectivity index (χ3v) is 4.42.